The summed E-state index contributed by atoms with van der Waals surface area (Å²) in [6.45, 7) is 12.2. The van der Waals surface area contributed by atoms with Gasteiger partial charge in [-0.1, -0.05) is 12.5 Å². The van der Waals surface area contributed by atoms with Gasteiger partial charge in [-0.15, -0.1) is 6.58 Å². The normalized spacial score (nSPS) is 11.4. The molecule has 0 bridgehead atoms. The average molecular weight is 283 g/mol. The van der Waals surface area contributed by atoms with Crippen LogP contribution >= 0.6 is 0 Å². The van der Waals surface area contributed by atoms with E-state index in [4.69, 9.17) is 4.74 Å². The fourth-order valence-corrected chi connectivity index (χ4v) is 1.89. The molecule has 0 spiro atoms. The first-order chi connectivity index (χ1) is 9.76. The minimum atomic E-state index is 0.786. The first-order valence-corrected chi connectivity index (χ1v) is 7.94. The molecule has 0 aromatic carbocycles. The highest BCUT2D eigenvalue weighted by Gasteiger charge is 2.04. The third-order valence-electron chi connectivity index (χ3n) is 3.01. The molecular formula is C16H33N3O. The number of nitrogens with one attached hydrogen (secondary N) is 1. The van der Waals surface area contributed by atoms with Crippen LogP contribution in [0.15, 0.2) is 17.6 Å². The Morgan fingerprint density at radius 3 is 2.70 bits per heavy atom. The molecule has 0 amide bonds. The molecule has 20 heavy (non-hydrogen) atoms. The van der Waals surface area contributed by atoms with E-state index in [1.165, 1.54) is 19.3 Å². The molecule has 0 aliphatic heterocycles. The lowest BCUT2D eigenvalue weighted by Gasteiger charge is -2.22. The molecule has 0 unspecified atom stereocenters. The average Bonchev–Trinajstić information content (AvgIpc) is 2.45. The van der Waals surface area contributed by atoms with Gasteiger partial charge in [0.25, 0.3) is 0 Å². The SMILES string of the molecule is C=CCCCCCN(C)C(=NCCCOCC)NCC. The highest BCUT2D eigenvalue weighted by atomic mass is 16.5. The second-order valence-corrected chi connectivity index (χ2v) is 4.85. The summed E-state index contributed by atoms with van der Waals surface area (Å²) in [5.41, 5.74) is 0. The van der Waals surface area contributed by atoms with E-state index in [0.717, 1.165) is 51.6 Å². The van der Waals surface area contributed by atoms with Crippen molar-refractivity contribution >= 4 is 5.96 Å². The molecular weight excluding hydrogens is 250 g/mol. The molecule has 0 aliphatic rings. The largest absolute Gasteiger partial charge is 0.382 e. The highest BCUT2D eigenvalue weighted by Crippen LogP contribution is 2.01. The van der Waals surface area contributed by atoms with Crippen LogP contribution in [0.4, 0.5) is 0 Å². The molecule has 1 N–H and O–H groups in total. The van der Waals surface area contributed by atoms with Gasteiger partial charge in [0, 0.05) is 39.9 Å². The Hall–Kier alpha value is -1.03. The highest BCUT2D eigenvalue weighted by molar-refractivity contribution is 5.79. The third-order valence-corrected chi connectivity index (χ3v) is 3.01. The Labute approximate surface area is 125 Å². The quantitative estimate of drug-likeness (QED) is 0.259. The van der Waals surface area contributed by atoms with Gasteiger partial charge in [-0.2, -0.15) is 0 Å². The van der Waals surface area contributed by atoms with Gasteiger partial charge < -0.3 is 15.0 Å². The van der Waals surface area contributed by atoms with Gasteiger partial charge in [-0.05, 0) is 39.5 Å². The van der Waals surface area contributed by atoms with Gasteiger partial charge in [0.1, 0.15) is 0 Å². The number of rotatable bonds is 12. The Morgan fingerprint density at radius 1 is 1.25 bits per heavy atom. The van der Waals surface area contributed by atoms with E-state index < -0.39 is 0 Å². The molecule has 0 aromatic heterocycles. The summed E-state index contributed by atoms with van der Waals surface area (Å²) in [5.74, 6) is 1.01. The molecule has 118 valence electrons. The predicted octanol–water partition coefficient (Wildman–Crippen LogP) is 3.06. The van der Waals surface area contributed by atoms with Crippen molar-refractivity contribution in [1.82, 2.24) is 10.2 Å². The zero-order valence-corrected chi connectivity index (χ0v) is 13.7. The number of hydrogen-bond donors (Lipinski definition) is 1. The lowest BCUT2D eigenvalue weighted by Crippen LogP contribution is -2.39. The van der Waals surface area contributed by atoms with E-state index in [1.54, 1.807) is 0 Å². The molecule has 0 atom stereocenters. The van der Waals surface area contributed by atoms with Crippen molar-refractivity contribution in [2.75, 3.05) is 39.9 Å². The summed E-state index contributed by atoms with van der Waals surface area (Å²) >= 11 is 0. The summed E-state index contributed by atoms with van der Waals surface area (Å²) in [7, 11) is 2.11. The van der Waals surface area contributed by atoms with E-state index in [0.29, 0.717) is 0 Å². The first-order valence-electron chi connectivity index (χ1n) is 7.94. The minimum Gasteiger partial charge on any atom is -0.382 e. The molecule has 0 saturated heterocycles. The minimum absolute atomic E-state index is 0.786. The molecule has 0 saturated carbocycles. The zero-order chi connectivity index (χ0) is 15.1. The number of allylic oxidation sites excluding steroid dienone is 1. The van der Waals surface area contributed by atoms with Crippen LogP contribution < -0.4 is 5.32 Å². The van der Waals surface area contributed by atoms with Gasteiger partial charge in [-0.3, -0.25) is 4.99 Å². The zero-order valence-electron chi connectivity index (χ0n) is 13.7. The molecule has 0 radical (unpaired) electrons. The maximum atomic E-state index is 5.33. The fourth-order valence-electron chi connectivity index (χ4n) is 1.89. The fraction of sp³-hybridized carbons (Fsp3) is 0.812. The van der Waals surface area contributed by atoms with Gasteiger partial charge >= 0.3 is 0 Å². The number of guanidine groups is 1. The summed E-state index contributed by atoms with van der Waals surface area (Å²) < 4.78 is 5.33. The van der Waals surface area contributed by atoms with Crippen LogP contribution in [0, 0.1) is 0 Å². The molecule has 0 fully saturated rings. The van der Waals surface area contributed by atoms with Crippen LogP contribution in [0.1, 0.15) is 46.0 Å². The number of unbranched alkanes of at least 4 members (excludes halogenated alkanes) is 3. The summed E-state index contributed by atoms with van der Waals surface area (Å²) in [6, 6.07) is 0. The van der Waals surface area contributed by atoms with Crippen molar-refractivity contribution in [1.29, 1.82) is 0 Å². The van der Waals surface area contributed by atoms with Gasteiger partial charge in [0.2, 0.25) is 0 Å². The number of ether oxygens (including phenoxy) is 1. The molecule has 0 rings (SSSR count). The van der Waals surface area contributed by atoms with Crippen LogP contribution in [0.5, 0.6) is 0 Å². The van der Waals surface area contributed by atoms with E-state index >= 15 is 0 Å². The lowest BCUT2D eigenvalue weighted by molar-refractivity contribution is 0.146. The number of nitrogens with zero attached hydrogens (tertiary/aromatic N) is 2. The maximum absolute atomic E-state index is 5.33. The second-order valence-electron chi connectivity index (χ2n) is 4.85. The predicted molar refractivity (Wildman–Crippen MR) is 88.4 cm³/mol. The van der Waals surface area contributed by atoms with Crippen molar-refractivity contribution in [2.24, 2.45) is 4.99 Å². The maximum Gasteiger partial charge on any atom is 0.193 e. The Morgan fingerprint density at radius 2 is 2.05 bits per heavy atom. The van der Waals surface area contributed by atoms with E-state index in [9.17, 15) is 0 Å². The van der Waals surface area contributed by atoms with E-state index in [1.807, 2.05) is 13.0 Å². The van der Waals surface area contributed by atoms with Crippen LogP contribution in [0.2, 0.25) is 0 Å². The van der Waals surface area contributed by atoms with Gasteiger partial charge in [-0.25, -0.2) is 0 Å². The smallest absolute Gasteiger partial charge is 0.193 e. The Kier molecular flexibility index (Phi) is 13.6. The van der Waals surface area contributed by atoms with Crippen molar-refractivity contribution in [3.63, 3.8) is 0 Å². The Bertz CT molecular complexity index is 254. The molecule has 0 heterocycles. The van der Waals surface area contributed by atoms with Crippen LogP contribution in [-0.2, 0) is 4.74 Å². The standard InChI is InChI=1S/C16H33N3O/c1-5-8-9-10-11-14-19(4)16(17-6-2)18-13-12-15-20-7-3/h5H,1,6-15H2,2-4H3,(H,17,18). The van der Waals surface area contributed by atoms with Crippen molar-refractivity contribution in [3.05, 3.63) is 12.7 Å². The summed E-state index contributed by atoms with van der Waals surface area (Å²) in [6.07, 6.45) is 7.78. The van der Waals surface area contributed by atoms with Crippen molar-refractivity contribution in [3.8, 4) is 0 Å². The topological polar surface area (TPSA) is 36.9 Å². The number of hydrogen-bond acceptors (Lipinski definition) is 2. The van der Waals surface area contributed by atoms with Gasteiger partial charge in [0.15, 0.2) is 5.96 Å². The summed E-state index contributed by atoms with van der Waals surface area (Å²) in [4.78, 5) is 6.86. The lowest BCUT2D eigenvalue weighted by atomic mass is 10.2. The molecule has 4 heteroatoms. The van der Waals surface area contributed by atoms with Crippen molar-refractivity contribution < 1.29 is 4.74 Å². The van der Waals surface area contributed by atoms with E-state index in [2.05, 4.69) is 35.8 Å². The molecule has 0 aromatic rings. The second kappa shape index (κ2) is 14.4. The third kappa shape index (κ3) is 10.9. The Balaban J connectivity index is 3.94. The van der Waals surface area contributed by atoms with Crippen LogP contribution in [0.3, 0.4) is 0 Å². The van der Waals surface area contributed by atoms with Crippen LogP contribution in [0.25, 0.3) is 0 Å². The molecule has 0 aliphatic carbocycles. The van der Waals surface area contributed by atoms with Crippen molar-refractivity contribution in [2.45, 2.75) is 46.0 Å². The van der Waals surface area contributed by atoms with E-state index in [-0.39, 0.29) is 0 Å². The van der Waals surface area contributed by atoms with Gasteiger partial charge in [0.05, 0.1) is 0 Å². The number of aliphatic imine (C=N–C) groups is 1. The first kappa shape index (κ1) is 19.0. The monoisotopic (exact) mass is 283 g/mol. The van der Waals surface area contributed by atoms with Crippen LogP contribution in [-0.4, -0.2) is 50.8 Å². The molecule has 4 nitrogen and oxygen atoms in total. The summed E-state index contributed by atoms with van der Waals surface area (Å²) in [5, 5.41) is 3.34.